The van der Waals surface area contributed by atoms with Crippen LogP contribution in [0, 0.1) is 0 Å². The van der Waals surface area contributed by atoms with Crippen LogP contribution in [-0.2, 0) is 12.8 Å². The molecule has 0 N–H and O–H groups in total. The Kier molecular flexibility index (Phi) is 6.08. The molecular formula is C48H31N3. The van der Waals surface area contributed by atoms with E-state index in [1.807, 2.05) is 6.07 Å². The number of hydrogen-bond donors (Lipinski definition) is 0. The van der Waals surface area contributed by atoms with Crippen molar-refractivity contribution in [3.63, 3.8) is 0 Å². The summed E-state index contributed by atoms with van der Waals surface area (Å²) in [5, 5.41) is 5.10. The molecule has 0 atom stereocenters. The van der Waals surface area contributed by atoms with Crippen molar-refractivity contribution in [2.75, 3.05) is 0 Å². The van der Waals surface area contributed by atoms with Gasteiger partial charge in [-0.3, -0.25) is 0 Å². The molecule has 7 aromatic carbocycles. The van der Waals surface area contributed by atoms with Crippen LogP contribution >= 0.6 is 0 Å². The normalized spacial score (nSPS) is 12.5. The Morgan fingerprint density at radius 1 is 0.412 bits per heavy atom. The van der Waals surface area contributed by atoms with Crippen LogP contribution < -0.4 is 0 Å². The van der Waals surface area contributed by atoms with Gasteiger partial charge in [-0.1, -0.05) is 146 Å². The highest BCUT2D eigenvalue weighted by Crippen LogP contribution is 2.45. The predicted molar refractivity (Wildman–Crippen MR) is 211 cm³/mol. The monoisotopic (exact) mass is 649 g/mol. The third-order valence-corrected chi connectivity index (χ3v) is 10.9. The van der Waals surface area contributed by atoms with Gasteiger partial charge in [-0.2, -0.15) is 0 Å². The second-order valence-electron chi connectivity index (χ2n) is 13.7. The Hall–Kier alpha value is -6.58. The summed E-state index contributed by atoms with van der Waals surface area (Å²) in [6, 6.07) is 59.2. The minimum atomic E-state index is 0.769. The molecule has 0 amide bonds. The Labute approximate surface area is 295 Å². The number of para-hydroxylation sites is 1. The van der Waals surface area contributed by atoms with Crippen LogP contribution in [0.4, 0.5) is 0 Å². The van der Waals surface area contributed by atoms with E-state index in [2.05, 4.69) is 162 Å². The molecule has 0 spiro atoms. The number of nitrogens with zero attached hydrogens (tertiary/aromatic N) is 3. The Morgan fingerprint density at radius 3 is 1.90 bits per heavy atom. The summed E-state index contributed by atoms with van der Waals surface area (Å²) in [5.41, 5.74) is 16.7. The summed E-state index contributed by atoms with van der Waals surface area (Å²) < 4.78 is 2.47. The molecular weight excluding hydrogens is 619 g/mol. The number of benzene rings is 7. The minimum absolute atomic E-state index is 0.769. The highest BCUT2D eigenvalue weighted by Gasteiger charge is 2.25. The van der Waals surface area contributed by atoms with Crippen LogP contribution in [-0.4, -0.2) is 14.4 Å². The molecule has 3 nitrogen and oxygen atoms in total. The van der Waals surface area contributed by atoms with Crippen LogP contribution in [0.1, 0.15) is 11.1 Å². The van der Waals surface area contributed by atoms with E-state index in [0.717, 1.165) is 41.2 Å². The first-order valence-corrected chi connectivity index (χ1v) is 17.7. The van der Waals surface area contributed by atoms with Crippen molar-refractivity contribution < 1.29 is 0 Å². The topological polar surface area (TPSA) is 30.2 Å². The van der Waals surface area contributed by atoms with E-state index in [0.29, 0.717) is 0 Å². The number of fused-ring (bicyclic) bond motifs is 9. The fourth-order valence-corrected chi connectivity index (χ4v) is 8.52. The Morgan fingerprint density at radius 2 is 1.06 bits per heavy atom. The van der Waals surface area contributed by atoms with Crippen molar-refractivity contribution in [1.29, 1.82) is 0 Å². The van der Waals surface area contributed by atoms with Crippen molar-refractivity contribution in [1.82, 2.24) is 14.4 Å². The first kappa shape index (κ1) is 28.3. The summed E-state index contributed by atoms with van der Waals surface area (Å²) in [7, 11) is 0. The van der Waals surface area contributed by atoms with E-state index < -0.39 is 0 Å². The van der Waals surface area contributed by atoms with Gasteiger partial charge in [-0.05, 0) is 58.9 Å². The van der Waals surface area contributed by atoms with E-state index >= 15 is 0 Å². The molecule has 238 valence electrons. The van der Waals surface area contributed by atoms with Crippen molar-refractivity contribution in [3.05, 3.63) is 175 Å². The number of aryl methyl sites for hydroxylation is 1. The third kappa shape index (κ3) is 4.25. The molecule has 0 radical (unpaired) electrons. The van der Waals surface area contributed by atoms with Gasteiger partial charge in [-0.15, -0.1) is 0 Å². The van der Waals surface area contributed by atoms with Gasteiger partial charge in [0.25, 0.3) is 0 Å². The van der Waals surface area contributed by atoms with Gasteiger partial charge in [0.15, 0.2) is 5.82 Å². The van der Waals surface area contributed by atoms with Crippen LogP contribution in [0.25, 0.3) is 94.3 Å². The number of aromatic nitrogens is 3. The zero-order valence-corrected chi connectivity index (χ0v) is 27.8. The van der Waals surface area contributed by atoms with Crippen LogP contribution in [0.5, 0.6) is 0 Å². The summed E-state index contributed by atoms with van der Waals surface area (Å²) in [5.74, 6) is 0.769. The van der Waals surface area contributed by atoms with E-state index in [1.165, 1.54) is 77.0 Å². The lowest BCUT2D eigenvalue weighted by atomic mass is 9.86. The van der Waals surface area contributed by atoms with Crippen molar-refractivity contribution in [2.45, 2.75) is 12.8 Å². The molecule has 1 aliphatic rings. The molecule has 11 rings (SSSR count). The van der Waals surface area contributed by atoms with E-state index in [1.54, 1.807) is 0 Å². The fourth-order valence-electron chi connectivity index (χ4n) is 8.52. The van der Waals surface area contributed by atoms with E-state index in [-0.39, 0.29) is 0 Å². The Balaban J connectivity index is 1.11. The second kappa shape index (κ2) is 11.0. The lowest BCUT2D eigenvalue weighted by molar-refractivity contribution is 0.916. The molecule has 3 aromatic heterocycles. The van der Waals surface area contributed by atoms with Crippen molar-refractivity contribution in [3.8, 4) is 56.2 Å². The van der Waals surface area contributed by atoms with E-state index in [4.69, 9.17) is 9.97 Å². The van der Waals surface area contributed by atoms with Gasteiger partial charge in [0.05, 0.1) is 27.9 Å². The molecule has 10 aromatic rings. The maximum absolute atomic E-state index is 5.31. The second-order valence-corrected chi connectivity index (χ2v) is 13.7. The lowest BCUT2D eigenvalue weighted by Crippen LogP contribution is -2.10. The summed E-state index contributed by atoms with van der Waals surface area (Å²) in [4.78, 5) is 10.5. The van der Waals surface area contributed by atoms with Gasteiger partial charge in [0.2, 0.25) is 0 Å². The maximum Gasteiger partial charge on any atom is 0.160 e. The van der Waals surface area contributed by atoms with Crippen molar-refractivity contribution >= 4 is 38.1 Å². The summed E-state index contributed by atoms with van der Waals surface area (Å²) >= 11 is 0. The van der Waals surface area contributed by atoms with Gasteiger partial charge >= 0.3 is 0 Å². The maximum atomic E-state index is 5.31. The molecule has 0 unspecified atom stereocenters. The SMILES string of the molecule is c1ccc(-c2ccc(-c3cccc4c3c3cccc5c6cc(-c7nc(-c8ccccc8)nc8c7CCc7ccccc7-8)ccc6n4c53)cc2)cc1. The summed E-state index contributed by atoms with van der Waals surface area (Å²) in [6.07, 6.45) is 1.91. The molecule has 0 saturated heterocycles. The molecule has 1 aliphatic carbocycles. The Bertz CT molecular complexity index is 2940. The van der Waals surface area contributed by atoms with Crippen LogP contribution in [0.3, 0.4) is 0 Å². The fraction of sp³-hybridized carbons (Fsp3) is 0.0417. The van der Waals surface area contributed by atoms with Gasteiger partial charge < -0.3 is 4.40 Å². The lowest BCUT2D eigenvalue weighted by Gasteiger charge is -2.22. The highest BCUT2D eigenvalue weighted by molar-refractivity contribution is 6.26. The summed E-state index contributed by atoms with van der Waals surface area (Å²) in [6.45, 7) is 0. The highest BCUT2D eigenvalue weighted by atomic mass is 14.9. The zero-order valence-electron chi connectivity index (χ0n) is 27.8. The smallest absolute Gasteiger partial charge is 0.160 e. The largest absolute Gasteiger partial charge is 0.308 e. The third-order valence-electron chi connectivity index (χ3n) is 10.9. The molecule has 0 fully saturated rings. The van der Waals surface area contributed by atoms with E-state index in [9.17, 15) is 0 Å². The number of hydrogen-bond acceptors (Lipinski definition) is 2. The zero-order chi connectivity index (χ0) is 33.5. The van der Waals surface area contributed by atoms with Gasteiger partial charge in [0, 0.05) is 43.8 Å². The van der Waals surface area contributed by atoms with Gasteiger partial charge in [0.1, 0.15) is 0 Å². The van der Waals surface area contributed by atoms with Crippen LogP contribution in [0.15, 0.2) is 164 Å². The average molecular weight is 650 g/mol. The minimum Gasteiger partial charge on any atom is -0.308 e. The van der Waals surface area contributed by atoms with Crippen molar-refractivity contribution in [2.24, 2.45) is 0 Å². The molecule has 0 aliphatic heterocycles. The molecule has 51 heavy (non-hydrogen) atoms. The quantitative estimate of drug-likeness (QED) is 0.190. The molecule has 0 bridgehead atoms. The predicted octanol–water partition coefficient (Wildman–Crippen LogP) is 12.1. The molecule has 3 heterocycles. The standard InChI is InChI=1S/C48H31N3/c1-3-11-30(12-4-1)31-21-23-33(24-22-31)36-17-10-20-43-44(36)39-19-9-18-38-41-29-35(26-28-42(41)51(43)47(38)39)45-40-27-25-32-13-7-8-16-37(32)46(40)50-48(49-45)34-14-5-2-6-15-34/h1-24,26,28-29H,25,27H2. The number of rotatable bonds is 4. The molecule has 0 saturated carbocycles. The first-order chi connectivity index (χ1) is 25.3. The molecule has 3 heteroatoms. The average Bonchev–Trinajstić information content (AvgIpc) is 3.73. The van der Waals surface area contributed by atoms with Gasteiger partial charge in [-0.25, -0.2) is 9.97 Å². The first-order valence-electron chi connectivity index (χ1n) is 17.7. The van der Waals surface area contributed by atoms with Crippen LogP contribution in [0.2, 0.25) is 0 Å².